The van der Waals surface area contributed by atoms with Crippen LogP contribution in [0.15, 0.2) is 35.5 Å². The van der Waals surface area contributed by atoms with E-state index in [2.05, 4.69) is 9.88 Å². The van der Waals surface area contributed by atoms with Crippen molar-refractivity contribution >= 4 is 23.5 Å². The van der Waals surface area contributed by atoms with Crippen molar-refractivity contribution in [3.05, 3.63) is 46.2 Å². The maximum absolute atomic E-state index is 13.0. The minimum absolute atomic E-state index is 0.0120. The normalized spacial score (nSPS) is 21.5. The van der Waals surface area contributed by atoms with E-state index >= 15 is 0 Å². The van der Waals surface area contributed by atoms with Gasteiger partial charge in [0.15, 0.2) is 0 Å². The molecule has 3 aliphatic rings. The summed E-state index contributed by atoms with van der Waals surface area (Å²) in [4.78, 5) is 13.5. The van der Waals surface area contributed by atoms with Crippen molar-refractivity contribution in [2.45, 2.75) is 57.3 Å². The first-order valence-corrected chi connectivity index (χ1v) is 12.2. The van der Waals surface area contributed by atoms with Crippen molar-refractivity contribution in [3.8, 4) is 11.5 Å². The van der Waals surface area contributed by atoms with E-state index in [1.165, 1.54) is 19.3 Å². The Hall–Kier alpha value is -2.38. The van der Waals surface area contributed by atoms with Crippen LogP contribution in [0.3, 0.4) is 0 Å². The molecule has 1 aromatic heterocycles. The Kier molecular flexibility index (Phi) is 6.69. The lowest BCUT2D eigenvalue weighted by Crippen LogP contribution is -2.46. The molecule has 0 bridgehead atoms. The lowest BCUT2D eigenvalue weighted by molar-refractivity contribution is 0.0492. The minimum Gasteiger partial charge on any atom is -0.490 e. The average Bonchev–Trinajstić information content (AvgIpc) is 2.78. The highest BCUT2D eigenvalue weighted by molar-refractivity contribution is 6.29. The van der Waals surface area contributed by atoms with Crippen LogP contribution in [0, 0.1) is 0 Å². The third kappa shape index (κ3) is 4.94. The van der Waals surface area contributed by atoms with Gasteiger partial charge >= 0.3 is 0 Å². The maximum Gasteiger partial charge on any atom is 0.146 e. The summed E-state index contributed by atoms with van der Waals surface area (Å²) in [5.74, 6) is 1.34. The number of aromatic nitrogens is 1. The number of ether oxygens (including phenoxy) is 2. The maximum atomic E-state index is 13.0. The summed E-state index contributed by atoms with van der Waals surface area (Å²) in [6.07, 6.45) is 9.78. The number of benzene rings is 1. The molecule has 5 rings (SSSR count). The summed E-state index contributed by atoms with van der Waals surface area (Å²) < 4.78 is 25.1. The molecule has 1 atom stereocenters. The second-order valence-corrected chi connectivity index (χ2v) is 9.36. The highest BCUT2D eigenvalue weighted by Crippen LogP contribution is 2.36. The van der Waals surface area contributed by atoms with Gasteiger partial charge in [0.1, 0.15) is 42.2 Å². The number of nitrogens with zero attached hydrogens (tertiary/aromatic N) is 4. The fourth-order valence-electron chi connectivity index (χ4n) is 4.79. The zero-order valence-corrected chi connectivity index (χ0v) is 19.7. The molecule has 6 nitrogen and oxygen atoms in total. The van der Waals surface area contributed by atoms with Crippen LogP contribution in [-0.2, 0) is 0 Å². The predicted molar refractivity (Wildman–Crippen MR) is 127 cm³/mol. The average molecular weight is 473 g/mol. The van der Waals surface area contributed by atoms with Gasteiger partial charge < -0.3 is 19.3 Å². The molecule has 0 N–H and O–H groups in total. The summed E-state index contributed by atoms with van der Waals surface area (Å²) >= 11 is 6.08. The summed E-state index contributed by atoms with van der Waals surface area (Å²) in [5.41, 5.74) is 0.811. The molecule has 2 aromatic rings. The molecule has 176 valence electrons. The topological polar surface area (TPSA) is 50.2 Å². The number of alkyl halides is 1. The molecule has 8 heteroatoms. The molecule has 1 unspecified atom stereocenters. The monoisotopic (exact) mass is 472 g/mol. The van der Waals surface area contributed by atoms with Crippen molar-refractivity contribution in [2.24, 2.45) is 4.99 Å². The molecule has 33 heavy (non-hydrogen) atoms. The summed E-state index contributed by atoms with van der Waals surface area (Å²) in [6, 6.07) is 8.37. The third-order valence-corrected chi connectivity index (χ3v) is 7.01. The molecule has 0 amide bonds. The van der Waals surface area contributed by atoms with E-state index in [1.54, 1.807) is 12.3 Å². The molecule has 3 heterocycles. The van der Waals surface area contributed by atoms with E-state index < -0.39 is 6.67 Å². The van der Waals surface area contributed by atoms with Gasteiger partial charge in [-0.15, -0.1) is 0 Å². The van der Waals surface area contributed by atoms with E-state index in [9.17, 15) is 4.39 Å². The van der Waals surface area contributed by atoms with Crippen LogP contribution in [0.4, 0.5) is 10.1 Å². The fourth-order valence-corrected chi connectivity index (χ4v) is 4.95. The van der Waals surface area contributed by atoms with Gasteiger partial charge in [0.05, 0.1) is 17.2 Å². The highest BCUT2D eigenvalue weighted by Gasteiger charge is 2.29. The van der Waals surface area contributed by atoms with Crippen molar-refractivity contribution in [1.82, 2.24) is 9.88 Å². The van der Waals surface area contributed by atoms with Crippen LogP contribution in [0.5, 0.6) is 11.5 Å². The number of pyridine rings is 1. The summed E-state index contributed by atoms with van der Waals surface area (Å²) in [7, 11) is 0. The molecule has 0 radical (unpaired) electrons. The molecule has 2 fully saturated rings. The Morgan fingerprint density at radius 3 is 2.70 bits per heavy atom. The predicted octanol–water partition coefficient (Wildman–Crippen LogP) is 3.70. The minimum atomic E-state index is -0.558. The Balaban J connectivity index is 1.35. The van der Waals surface area contributed by atoms with E-state index in [-0.39, 0.29) is 18.9 Å². The smallest absolute Gasteiger partial charge is 0.146 e. The summed E-state index contributed by atoms with van der Waals surface area (Å²) in [5, 5.41) is 2.08. The first kappa shape index (κ1) is 22.4. The molecule has 1 saturated heterocycles. The van der Waals surface area contributed by atoms with E-state index in [0.29, 0.717) is 10.9 Å². The number of hydrogen-bond acceptors (Lipinski definition) is 6. The van der Waals surface area contributed by atoms with Crippen LogP contribution < -0.4 is 24.9 Å². The van der Waals surface area contributed by atoms with Crippen LogP contribution in [0.25, 0.3) is 6.20 Å². The number of halogens is 2. The second kappa shape index (κ2) is 9.85. The number of fused-ring (bicyclic) bond motifs is 1. The van der Waals surface area contributed by atoms with Crippen molar-refractivity contribution in [1.29, 1.82) is 0 Å². The molecule has 1 aromatic carbocycles. The van der Waals surface area contributed by atoms with Crippen LogP contribution in [0.2, 0.25) is 5.15 Å². The van der Waals surface area contributed by atoms with Crippen molar-refractivity contribution < 1.29 is 13.9 Å². The van der Waals surface area contributed by atoms with E-state index in [4.69, 9.17) is 26.1 Å². The number of likely N-dealkylation sites (tertiary alicyclic amines) is 1. The molecular formula is C25H30ClFN4O2. The Bertz CT molecular complexity index is 1100. The molecular weight excluding hydrogens is 443 g/mol. The SMILES string of the molecule is CC1N=c2cnc(Cl)cc2=CN1c1ccc(OC2CCN(C3CCC3)CC2)cc1OCCF. The zero-order chi connectivity index (χ0) is 22.8. The van der Waals surface area contributed by atoms with Gasteiger partial charge in [-0.05, 0) is 50.8 Å². The van der Waals surface area contributed by atoms with Crippen LogP contribution in [0.1, 0.15) is 39.0 Å². The fraction of sp³-hybridized carbons (Fsp3) is 0.520. The number of piperidine rings is 1. The van der Waals surface area contributed by atoms with Gasteiger partial charge in [0.25, 0.3) is 0 Å². The largest absolute Gasteiger partial charge is 0.490 e. The Morgan fingerprint density at radius 2 is 1.97 bits per heavy atom. The van der Waals surface area contributed by atoms with Crippen molar-refractivity contribution in [2.75, 3.05) is 31.3 Å². The standard InChI is InChI=1S/C25H30ClFN4O2/c1-17-29-22-15-28-25(26)13-18(22)16-31(17)23-6-5-21(14-24(23)32-12-9-27)33-20-7-10-30(11-8-20)19-3-2-4-19/h5-6,13-17,19-20H,2-4,7-12H2,1H3. The Morgan fingerprint density at radius 1 is 1.15 bits per heavy atom. The van der Waals surface area contributed by atoms with Gasteiger partial charge in [-0.25, -0.2) is 9.37 Å². The second-order valence-electron chi connectivity index (χ2n) is 8.97. The lowest BCUT2D eigenvalue weighted by Gasteiger charge is -2.41. The third-order valence-electron chi connectivity index (χ3n) is 6.80. The molecule has 2 aliphatic heterocycles. The molecule has 1 aliphatic carbocycles. The van der Waals surface area contributed by atoms with Gasteiger partial charge in [0, 0.05) is 36.6 Å². The van der Waals surface area contributed by atoms with Gasteiger partial charge in [-0.2, -0.15) is 0 Å². The lowest BCUT2D eigenvalue weighted by atomic mass is 9.90. The number of rotatable bonds is 7. The van der Waals surface area contributed by atoms with E-state index in [0.717, 1.165) is 54.0 Å². The summed E-state index contributed by atoms with van der Waals surface area (Å²) in [6.45, 7) is 3.61. The highest BCUT2D eigenvalue weighted by atomic mass is 35.5. The van der Waals surface area contributed by atoms with Gasteiger partial charge in [-0.3, -0.25) is 4.99 Å². The molecule has 0 spiro atoms. The quantitative estimate of drug-likeness (QED) is 0.575. The first-order valence-electron chi connectivity index (χ1n) is 11.8. The molecule has 1 saturated carbocycles. The first-order chi connectivity index (χ1) is 16.1. The number of anilines is 1. The van der Waals surface area contributed by atoms with Gasteiger partial charge in [0.2, 0.25) is 0 Å². The van der Waals surface area contributed by atoms with Crippen molar-refractivity contribution in [3.63, 3.8) is 0 Å². The van der Waals surface area contributed by atoms with Crippen LogP contribution in [-0.4, -0.2) is 54.6 Å². The zero-order valence-electron chi connectivity index (χ0n) is 18.9. The van der Waals surface area contributed by atoms with E-state index in [1.807, 2.05) is 36.2 Å². The number of hydrogen-bond donors (Lipinski definition) is 0. The van der Waals surface area contributed by atoms with Crippen LogP contribution >= 0.6 is 11.6 Å². The van der Waals surface area contributed by atoms with Gasteiger partial charge in [-0.1, -0.05) is 18.0 Å². The Labute approximate surface area is 198 Å².